The highest BCUT2D eigenvalue weighted by atomic mass is 16.7. The first-order valence-corrected chi connectivity index (χ1v) is 12.6. The van der Waals surface area contributed by atoms with E-state index in [2.05, 4.69) is 17.7 Å². The Kier molecular flexibility index (Phi) is 11.7. The summed E-state index contributed by atoms with van der Waals surface area (Å²) in [6.45, 7) is 4.86. The lowest BCUT2D eigenvalue weighted by molar-refractivity contribution is -0.171. The van der Waals surface area contributed by atoms with Crippen molar-refractivity contribution in [2.45, 2.75) is 71.2 Å². The molecule has 9 nitrogen and oxygen atoms in total. The maximum Gasteiger partial charge on any atom is 0.227 e. The lowest BCUT2D eigenvalue weighted by atomic mass is 10.2. The van der Waals surface area contributed by atoms with E-state index in [0.29, 0.717) is 37.0 Å². The first-order valence-electron chi connectivity index (χ1n) is 12.6. The molecule has 0 bridgehead atoms. The lowest BCUT2D eigenvalue weighted by Crippen LogP contribution is -2.22. The lowest BCUT2D eigenvalue weighted by Gasteiger charge is -2.22. The molecular weight excluding hydrogens is 452 g/mol. The van der Waals surface area contributed by atoms with Crippen molar-refractivity contribution in [1.82, 2.24) is 0 Å². The van der Waals surface area contributed by atoms with Gasteiger partial charge in [0.25, 0.3) is 0 Å². The first-order chi connectivity index (χ1) is 17.2. The van der Waals surface area contributed by atoms with Crippen LogP contribution in [0.4, 0.5) is 11.4 Å². The Balaban J connectivity index is 1.29. The highest BCUT2D eigenvalue weighted by Crippen LogP contribution is 2.28. The molecule has 1 aromatic heterocycles. The van der Waals surface area contributed by atoms with Crippen LogP contribution < -0.4 is 25.7 Å². The number of ether oxygens (including phenoxy) is 4. The Morgan fingerprint density at radius 2 is 1.91 bits per heavy atom. The van der Waals surface area contributed by atoms with Crippen LogP contribution in [0.2, 0.25) is 0 Å². The number of rotatable bonds is 16. The van der Waals surface area contributed by atoms with Gasteiger partial charge in [-0.05, 0) is 63.1 Å². The minimum Gasteiger partial charge on any atom is -0.491 e. The highest BCUT2D eigenvalue weighted by Gasteiger charge is 2.15. The standard InChI is InChI=1S/C26H38N2O7/c1-2-3-13-31-24-11-10-20(16-22(24)28-30)27-12-6-4-7-14-32-25-19-34-21(17-23(25)29)18-35-26-9-5-8-15-33-26/h10-11,16-17,19,26-28,30H,2-9,12-15,18H2,1H3. The van der Waals surface area contributed by atoms with Gasteiger partial charge in [0.2, 0.25) is 11.2 Å². The van der Waals surface area contributed by atoms with Crippen molar-refractivity contribution in [3.63, 3.8) is 0 Å². The average molecular weight is 491 g/mol. The van der Waals surface area contributed by atoms with Crippen molar-refractivity contribution < 1.29 is 28.6 Å². The molecule has 0 radical (unpaired) electrons. The molecule has 1 aliphatic heterocycles. The average Bonchev–Trinajstić information content (AvgIpc) is 2.89. The smallest absolute Gasteiger partial charge is 0.227 e. The van der Waals surface area contributed by atoms with Gasteiger partial charge < -0.3 is 28.7 Å². The third kappa shape index (κ3) is 9.43. The van der Waals surface area contributed by atoms with E-state index in [0.717, 1.165) is 63.6 Å². The fourth-order valence-electron chi connectivity index (χ4n) is 3.64. The Hall–Kier alpha value is -2.75. The van der Waals surface area contributed by atoms with Crippen LogP contribution in [0.15, 0.2) is 39.7 Å². The Labute approximate surface area is 206 Å². The molecule has 1 atom stereocenters. The minimum absolute atomic E-state index is 0.206. The van der Waals surface area contributed by atoms with Crippen LogP contribution in [-0.2, 0) is 16.1 Å². The third-order valence-electron chi connectivity index (χ3n) is 5.66. The van der Waals surface area contributed by atoms with Crippen molar-refractivity contribution in [1.29, 1.82) is 0 Å². The fourth-order valence-corrected chi connectivity index (χ4v) is 3.64. The Morgan fingerprint density at radius 3 is 2.69 bits per heavy atom. The van der Waals surface area contributed by atoms with Crippen LogP contribution in [0.5, 0.6) is 11.5 Å². The van der Waals surface area contributed by atoms with Crippen LogP contribution in [-0.4, -0.2) is 37.9 Å². The van der Waals surface area contributed by atoms with E-state index >= 15 is 0 Å². The molecule has 1 saturated heterocycles. The first kappa shape index (κ1) is 26.8. The van der Waals surface area contributed by atoms with Gasteiger partial charge in [0.05, 0.1) is 13.2 Å². The molecule has 9 heteroatoms. The molecular formula is C26H38N2O7. The summed E-state index contributed by atoms with van der Waals surface area (Å²) in [4.78, 5) is 12.3. The molecule has 2 heterocycles. The monoisotopic (exact) mass is 490 g/mol. The van der Waals surface area contributed by atoms with E-state index in [-0.39, 0.29) is 24.1 Å². The molecule has 0 amide bonds. The SMILES string of the molecule is CCCCOc1ccc(NCCCCCOc2coc(COC3CCCCO3)cc2=O)cc1NO. The summed E-state index contributed by atoms with van der Waals surface area (Å²) in [7, 11) is 0. The van der Waals surface area contributed by atoms with E-state index in [4.69, 9.17) is 23.4 Å². The molecule has 0 saturated carbocycles. The third-order valence-corrected chi connectivity index (χ3v) is 5.66. The zero-order valence-corrected chi connectivity index (χ0v) is 20.6. The van der Waals surface area contributed by atoms with Crippen LogP contribution in [0.25, 0.3) is 0 Å². The Bertz CT molecular complexity index is 928. The summed E-state index contributed by atoms with van der Waals surface area (Å²) in [5.74, 6) is 1.31. The molecule has 2 aromatic rings. The fraction of sp³-hybridized carbons (Fsp3) is 0.577. The van der Waals surface area contributed by atoms with Crippen molar-refractivity contribution in [2.75, 3.05) is 37.2 Å². The second-order valence-electron chi connectivity index (χ2n) is 8.54. The zero-order chi connectivity index (χ0) is 24.7. The molecule has 3 rings (SSSR count). The minimum atomic E-state index is -0.225. The maximum atomic E-state index is 12.3. The largest absolute Gasteiger partial charge is 0.491 e. The second kappa shape index (κ2) is 15.3. The van der Waals surface area contributed by atoms with E-state index < -0.39 is 0 Å². The summed E-state index contributed by atoms with van der Waals surface area (Å²) >= 11 is 0. The number of unbranched alkanes of at least 4 members (excludes halogenated alkanes) is 3. The highest BCUT2D eigenvalue weighted by molar-refractivity contribution is 5.63. The molecule has 194 valence electrons. The van der Waals surface area contributed by atoms with Gasteiger partial charge in [0.15, 0.2) is 6.29 Å². The van der Waals surface area contributed by atoms with E-state index in [1.54, 1.807) is 0 Å². The van der Waals surface area contributed by atoms with Gasteiger partial charge in [0.1, 0.15) is 30.1 Å². The van der Waals surface area contributed by atoms with E-state index in [1.807, 2.05) is 18.2 Å². The van der Waals surface area contributed by atoms with Gasteiger partial charge in [-0.2, -0.15) is 0 Å². The molecule has 1 unspecified atom stereocenters. The van der Waals surface area contributed by atoms with Gasteiger partial charge >= 0.3 is 0 Å². The van der Waals surface area contributed by atoms with Gasteiger partial charge in [-0.3, -0.25) is 15.5 Å². The molecule has 3 N–H and O–H groups in total. The predicted octanol–water partition coefficient (Wildman–Crippen LogP) is 5.32. The Morgan fingerprint density at radius 1 is 1.06 bits per heavy atom. The van der Waals surface area contributed by atoms with Gasteiger partial charge in [-0.1, -0.05) is 13.3 Å². The summed E-state index contributed by atoms with van der Waals surface area (Å²) < 4.78 is 27.9. The summed E-state index contributed by atoms with van der Waals surface area (Å²) in [6.07, 6.45) is 8.85. The summed E-state index contributed by atoms with van der Waals surface area (Å²) in [5, 5.41) is 12.7. The van der Waals surface area contributed by atoms with Crippen molar-refractivity contribution in [2.24, 2.45) is 0 Å². The van der Waals surface area contributed by atoms with Crippen LogP contribution >= 0.6 is 0 Å². The molecule has 1 aromatic carbocycles. The van der Waals surface area contributed by atoms with Crippen LogP contribution in [0.1, 0.15) is 64.1 Å². The summed E-state index contributed by atoms with van der Waals surface area (Å²) in [5.41, 5.74) is 3.43. The van der Waals surface area contributed by atoms with Gasteiger partial charge in [0, 0.05) is 24.9 Å². The number of hydrogen-bond donors (Lipinski definition) is 3. The number of benzene rings is 1. The molecule has 1 fully saturated rings. The number of nitrogens with one attached hydrogen (secondary N) is 2. The zero-order valence-electron chi connectivity index (χ0n) is 20.6. The predicted molar refractivity (Wildman–Crippen MR) is 133 cm³/mol. The van der Waals surface area contributed by atoms with Crippen molar-refractivity contribution in [3.8, 4) is 11.5 Å². The number of anilines is 2. The maximum absolute atomic E-state index is 12.3. The van der Waals surface area contributed by atoms with Crippen LogP contribution in [0, 0.1) is 0 Å². The second-order valence-corrected chi connectivity index (χ2v) is 8.54. The van der Waals surface area contributed by atoms with Crippen molar-refractivity contribution in [3.05, 3.63) is 46.5 Å². The summed E-state index contributed by atoms with van der Waals surface area (Å²) in [6, 6.07) is 7.01. The molecule has 1 aliphatic rings. The van der Waals surface area contributed by atoms with Gasteiger partial charge in [-0.15, -0.1) is 0 Å². The topological polar surface area (TPSA) is 111 Å². The molecule has 0 spiro atoms. The van der Waals surface area contributed by atoms with Gasteiger partial charge in [-0.25, -0.2) is 0 Å². The van der Waals surface area contributed by atoms with E-state index in [1.165, 1.54) is 12.3 Å². The number of hydrogen-bond acceptors (Lipinski definition) is 9. The van der Waals surface area contributed by atoms with Crippen LogP contribution in [0.3, 0.4) is 0 Å². The molecule has 35 heavy (non-hydrogen) atoms. The molecule has 0 aliphatic carbocycles. The van der Waals surface area contributed by atoms with Crippen molar-refractivity contribution >= 4 is 11.4 Å². The van der Waals surface area contributed by atoms with E-state index in [9.17, 15) is 10.0 Å². The normalized spacial score (nSPS) is 15.5. The quantitative estimate of drug-likeness (QED) is 0.212.